The third-order valence-electron chi connectivity index (χ3n) is 1.83. The fourth-order valence-electron chi connectivity index (χ4n) is 1.10. The Morgan fingerprint density at radius 1 is 1.47 bits per heavy atom. The minimum absolute atomic E-state index is 0.344. The molecule has 0 saturated heterocycles. The highest BCUT2D eigenvalue weighted by molar-refractivity contribution is 14.1. The second-order valence-electron chi connectivity index (χ2n) is 3.24. The second-order valence-corrected chi connectivity index (χ2v) is 5.53. The maximum absolute atomic E-state index is 11.9. The van der Waals surface area contributed by atoms with Gasteiger partial charge in [0.2, 0.25) is 5.91 Å². The lowest BCUT2D eigenvalue weighted by Gasteiger charge is -2.09. The summed E-state index contributed by atoms with van der Waals surface area (Å²) in [5.74, 6) is -1.29. The van der Waals surface area contributed by atoms with Gasteiger partial charge in [0.15, 0.2) is 0 Å². The highest BCUT2D eigenvalue weighted by Gasteiger charge is 2.29. The van der Waals surface area contributed by atoms with E-state index in [1.165, 1.54) is 0 Å². The second kappa shape index (κ2) is 5.94. The van der Waals surface area contributed by atoms with Crippen molar-refractivity contribution in [3.05, 3.63) is 27.3 Å². The Morgan fingerprint density at radius 2 is 2.12 bits per heavy atom. The minimum Gasteiger partial charge on any atom is -0.325 e. The topological polar surface area (TPSA) is 29.1 Å². The number of rotatable bonds is 3. The van der Waals surface area contributed by atoms with Crippen molar-refractivity contribution < 1.29 is 18.0 Å². The number of hydrogen-bond donors (Lipinski definition) is 1. The van der Waals surface area contributed by atoms with Crippen LogP contribution in [0.25, 0.3) is 0 Å². The zero-order valence-corrected chi connectivity index (χ0v) is 11.7. The molecular weight excluding hydrogens is 366 g/mol. The van der Waals surface area contributed by atoms with E-state index in [-0.39, 0.29) is 11.8 Å². The third-order valence-corrected chi connectivity index (χ3v) is 3.23. The predicted molar refractivity (Wildman–Crippen MR) is 71.0 cm³/mol. The summed E-state index contributed by atoms with van der Waals surface area (Å²) >= 11 is 1.77. The number of nitrogens with one attached hydrogen (secondary N) is 1. The van der Waals surface area contributed by atoms with Gasteiger partial charge in [-0.05, 0) is 65.0 Å². The van der Waals surface area contributed by atoms with Crippen LogP contribution in [0.4, 0.5) is 18.9 Å². The number of thioether (sulfide) groups is 1. The van der Waals surface area contributed by atoms with Gasteiger partial charge >= 0.3 is 5.51 Å². The van der Waals surface area contributed by atoms with Crippen molar-refractivity contribution in [3.63, 3.8) is 0 Å². The molecule has 94 valence electrons. The number of halogens is 4. The van der Waals surface area contributed by atoms with Gasteiger partial charge in [0.1, 0.15) is 0 Å². The molecular formula is C10H9F3INOS. The first-order valence-electron chi connectivity index (χ1n) is 4.54. The molecule has 0 unspecified atom stereocenters. The molecule has 7 heteroatoms. The first-order chi connectivity index (χ1) is 7.78. The maximum Gasteiger partial charge on any atom is 0.442 e. The van der Waals surface area contributed by atoms with Crippen LogP contribution in [0.3, 0.4) is 0 Å². The average Bonchev–Trinajstić information content (AvgIpc) is 2.18. The lowest BCUT2D eigenvalue weighted by Crippen LogP contribution is -2.17. The first-order valence-corrected chi connectivity index (χ1v) is 6.61. The normalized spacial score (nSPS) is 11.4. The van der Waals surface area contributed by atoms with Crippen molar-refractivity contribution in [2.75, 3.05) is 11.1 Å². The molecule has 1 amide bonds. The summed E-state index contributed by atoms with van der Waals surface area (Å²) in [6.45, 7) is 1.79. The summed E-state index contributed by atoms with van der Waals surface area (Å²) in [6.07, 6.45) is 0. The van der Waals surface area contributed by atoms with Crippen molar-refractivity contribution in [1.82, 2.24) is 0 Å². The van der Waals surface area contributed by atoms with E-state index in [2.05, 4.69) is 27.9 Å². The summed E-state index contributed by atoms with van der Waals surface area (Å²) in [5.41, 5.74) is -3.02. The van der Waals surface area contributed by atoms with Crippen LogP contribution in [0.15, 0.2) is 18.2 Å². The molecule has 0 aliphatic carbocycles. The van der Waals surface area contributed by atoms with E-state index in [0.717, 1.165) is 9.13 Å². The monoisotopic (exact) mass is 375 g/mol. The van der Waals surface area contributed by atoms with Gasteiger partial charge in [-0.15, -0.1) is 0 Å². The van der Waals surface area contributed by atoms with Crippen molar-refractivity contribution in [3.8, 4) is 0 Å². The molecule has 0 fully saturated rings. The molecule has 1 N–H and O–H groups in total. The molecule has 0 bridgehead atoms. The zero-order valence-electron chi connectivity index (χ0n) is 8.77. The van der Waals surface area contributed by atoms with E-state index in [9.17, 15) is 18.0 Å². The summed E-state index contributed by atoms with van der Waals surface area (Å²) in [5, 5.41) is 2.45. The summed E-state index contributed by atoms with van der Waals surface area (Å²) in [4.78, 5) is 11.3. The molecule has 17 heavy (non-hydrogen) atoms. The molecule has 0 aromatic heterocycles. The summed E-state index contributed by atoms with van der Waals surface area (Å²) in [6, 6.07) is 5.29. The number of amides is 1. The molecule has 0 spiro atoms. The number of carbonyl (C=O) groups excluding carboxylic acids is 1. The summed E-state index contributed by atoms with van der Waals surface area (Å²) < 4.78 is 36.6. The van der Waals surface area contributed by atoms with Gasteiger partial charge < -0.3 is 5.32 Å². The smallest absolute Gasteiger partial charge is 0.325 e. The van der Waals surface area contributed by atoms with Gasteiger partial charge in [-0.2, -0.15) is 13.2 Å². The highest BCUT2D eigenvalue weighted by Crippen LogP contribution is 2.30. The Kier molecular flexibility index (Phi) is 5.11. The lowest BCUT2D eigenvalue weighted by atomic mass is 10.2. The Labute approximate surface area is 114 Å². The van der Waals surface area contributed by atoms with E-state index >= 15 is 0 Å². The largest absolute Gasteiger partial charge is 0.442 e. The van der Waals surface area contributed by atoms with Crippen molar-refractivity contribution in [2.45, 2.75) is 12.4 Å². The average molecular weight is 375 g/mol. The van der Waals surface area contributed by atoms with Gasteiger partial charge in [-0.25, -0.2) is 0 Å². The van der Waals surface area contributed by atoms with Crippen LogP contribution >= 0.6 is 34.4 Å². The van der Waals surface area contributed by atoms with Crippen molar-refractivity contribution in [2.24, 2.45) is 0 Å². The van der Waals surface area contributed by atoms with Crippen LogP contribution in [0, 0.1) is 10.5 Å². The molecule has 0 heterocycles. The lowest BCUT2D eigenvalue weighted by molar-refractivity contribution is -0.114. The maximum atomic E-state index is 11.9. The van der Waals surface area contributed by atoms with E-state index < -0.39 is 17.2 Å². The highest BCUT2D eigenvalue weighted by atomic mass is 127. The van der Waals surface area contributed by atoms with E-state index in [0.29, 0.717) is 5.69 Å². The molecule has 2 nitrogen and oxygen atoms in total. The minimum atomic E-state index is -4.38. The van der Waals surface area contributed by atoms with Crippen LogP contribution in [0.5, 0.6) is 0 Å². The fourth-order valence-corrected chi connectivity index (χ4v) is 2.11. The molecule has 0 saturated carbocycles. The number of alkyl halides is 3. The quantitative estimate of drug-likeness (QED) is 0.815. The number of hydrogen-bond acceptors (Lipinski definition) is 2. The summed E-state index contributed by atoms with van der Waals surface area (Å²) in [7, 11) is 0. The molecule has 0 aliphatic heterocycles. The van der Waals surface area contributed by atoms with E-state index in [1.807, 2.05) is 6.07 Å². The Bertz CT molecular complexity index is 423. The van der Waals surface area contributed by atoms with E-state index in [4.69, 9.17) is 0 Å². The number of anilines is 1. The Morgan fingerprint density at radius 3 is 2.65 bits per heavy atom. The van der Waals surface area contributed by atoms with E-state index in [1.54, 1.807) is 19.1 Å². The van der Waals surface area contributed by atoms with Crippen LogP contribution in [0.1, 0.15) is 5.56 Å². The van der Waals surface area contributed by atoms with Gasteiger partial charge in [0, 0.05) is 9.26 Å². The van der Waals surface area contributed by atoms with Gasteiger partial charge in [0.25, 0.3) is 0 Å². The van der Waals surface area contributed by atoms with Gasteiger partial charge in [0.05, 0.1) is 5.75 Å². The van der Waals surface area contributed by atoms with Crippen LogP contribution in [0.2, 0.25) is 0 Å². The number of aryl methyl sites for hydroxylation is 1. The molecule has 0 aliphatic rings. The molecule has 0 atom stereocenters. The molecule has 0 radical (unpaired) electrons. The SMILES string of the molecule is Cc1cc(I)ccc1NC(=O)CSC(F)(F)F. The fraction of sp³-hybridized carbons (Fsp3) is 0.300. The molecule has 1 rings (SSSR count). The first kappa shape index (κ1) is 14.6. The zero-order chi connectivity index (χ0) is 13.1. The Balaban J connectivity index is 2.57. The van der Waals surface area contributed by atoms with Gasteiger partial charge in [-0.3, -0.25) is 4.79 Å². The van der Waals surface area contributed by atoms with Crippen LogP contribution in [-0.2, 0) is 4.79 Å². The standard InChI is InChI=1S/C10H9F3INOS/c1-6-4-7(14)2-3-8(6)15-9(16)5-17-10(11,12)13/h2-4H,5H2,1H3,(H,15,16). The Hall–Kier alpha value is -0.440. The van der Waals surface area contributed by atoms with Crippen LogP contribution in [-0.4, -0.2) is 17.2 Å². The van der Waals surface area contributed by atoms with Crippen molar-refractivity contribution >= 4 is 45.9 Å². The number of carbonyl (C=O) groups is 1. The number of benzene rings is 1. The van der Waals surface area contributed by atoms with Crippen molar-refractivity contribution in [1.29, 1.82) is 0 Å². The van der Waals surface area contributed by atoms with Crippen LogP contribution < -0.4 is 5.32 Å². The van der Waals surface area contributed by atoms with Gasteiger partial charge in [-0.1, -0.05) is 0 Å². The molecule has 1 aromatic rings. The predicted octanol–water partition coefficient (Wildman–Crippen LogP) is 3.79. The third kappa shape index (κ3) is 5.62. The molecule has 1 aromatic carbocycles.